The number of aromatic nitrogens is 1. The van der Waals surface area contributed by atoms with Gasteiger partial charge in [0.1, 0.15) is 11.7 Å². The molecular weight excluding hydrogens is 298 g/mol. The van der Waals surface area contributed by atoms with Crippen LogP contribution in [0.5, 0.6) is 0 Å². The smallest absolute Gasteiger partial charge is 0.205 e. The van der Waals surface area contributed by atoms with Crippen LogP contribution in [-0.4, -0.2) is 34.8 Å². The number of benzene rings is 1. The summed E-state index contributed by atoms with van der Waals surface area (Å²) < 4.78 is 0. The first-order valence-electron chi connectivity index (χ1n) is 8.36. The minimum atomic E-state index is 0.474. The second-order valence-corrected chi connectivity index (χ2v) is 6.39. The first-order valence-corrected chi connectivity index (χ1v) is 8.36. The summed E-state index contributed by atoms with van der Waals surface area (Å²) in [5.74, 6) is 2.25. The molecule has 2 aliphatic rings. The minimum absolute atomic E-state index is 0.474. The maximum atomic E-state index is 8.72. The molecule has 122 valence electrons. The van der Waals surface area contributed by atoms with Gasteiger partial charge in [-0.3, -0.25) is 20.2 Å². The molecule has 1 N–H and O–H groups in total. The molecule has 0 saturated heterocycles. The van der Waals surface area contributed by atoms with Crippen LogP contribution in [0.4, 0.5) is 5.82 Å². The largest absolute Gasteiger partial charge is 0.296 e. The second kappa shape index (κ2) is 5.74. The monoisotopic (exact) mass is 319 g/mol. The number of anilines is 1. The molecule has 4 rings (SSSR count). The lowest BCUT2D eigenvalue weighted by atomic mass is 10.0. The molecule has 0 fully saturated rings. The fourth-order valence-corrected chi connectivity index (χ4v) is 3.48. The maximum absolute atomic E-state index is 8.72. The van der Waals surface area contributed by atoms with Crippen molar-refractivity contribution < 1.29 is 0 Å². The molecule has 0 radical (unpaired) electrons. The van der Waals surface area contributed by atoms with E-state index in [0.29, 0.717) is 12.5 Å². The van der Waals surface area contributed by atoms with Gasteiger partial charge in [-0.1, -0.05) is 30.3 Å². The van der Waals surface area contributed by atoms with E-state index in [1.165, 1.54) is 11.1 Å². The second-order valence-electron chi connectivity index (χ2n) is 6.39. The lowest BCUT2D eigenvalue weighted by molar-refractivity contribution is 0.526. The number of guanidine groups is 1. The average Bonchev–Trinajstić information content (AvgIpc) is 2.59. The number of rotatable bonds is 2. The van der Waals surface area contributed by atoms with Gasteiger partial charge in [0.25, 0.3) is 0 Å². The molecule has 0 atom stereocenters. The molecule has 24 heavy (non-hydrogen) atoms. The van der Waals surface area contributed by atoms with Crippen molar-refractivity contribution in [2.45, 2.75) is 26.8 Å². The molecule has 2 aliphatic heterocycles. The Kier molecular flexibility index (Phi) is 3.56. The Morgan fingerprint density at radius 3 is 2.75 bits per heavy atom. The normalized spacial score (nSPS) is 16.6. The van der Waals surface area contributed by atoms with Gasteiger partial charge in [0.15, 0.2) is 0 Å². The number of hydrogen-bond acceptors (Lipinski definition) is 3. The summed E-state index contributed by atoms with van der Waals surface area (Å²) in [5.41, 5.74) is 4.40. The molecular formula is C19H21N5. The molecule has 1 aromatic heterocycles. The summed E-state index contributed by atoms with van der Waals surface area (Å²) in [5, 5.41) is 8.72. The minimum Gasteiger partial charge on any atom is -0.296 e. The number of hydrogen-bond donors (Lipinski definition) is 1. The van der Waals surface area contributed by atoms with Gasteiger partial charge in [-0.25, -0.2) is 4.98 Å². The molecule has 5 heteroatoms. The lowest BCUT2D eigenvalue weighted by Gasteiger charge is -2.41. The fraction of sp³-hybridized carbons (Fsp3) is 0.316. The standard InChI is InChI=1S/C19H21N5/c1-13-11-14(2)22-18-16(13)17-21-9-6-10-23(17)19(20)24(18)12-15-7-4-3-5-8-15/h3-5,7-8,11,20H,6,9-10,12H2,1-2H3. The molecule has 5 nitrogen and oxygen atoms in total. The van der Waals surface area contributed by atoms with Crippen LogP contribution in [-0.2, 0) is 6.54 Å². The fourth-order valence-electron chi connectivity index (χ4n) is 3.48. The van der Waals surface area contributed by atoms with Gasteiger partial charge in [-0.15, -0.1) is 0 Å². The van der Waals surface area contributed by atoms with Crippen molar-refractivity contribution in [1.29, 1.82) is 5.41 Å². The third kappa shape index (κ3) is 2.37. The highest BCUT2D eigenvalue weighted by Crippen LogP contribution is 2.32. The average molecular weight is 319 g/mol. The number of fused-ring (bicyclic) bond motifs is 3. The van der Waals surface area contributed by atoms with Crippen LogP contribution in [0, 0.1) is 19.3 Å². The third-order valence-corrected chi connectivity index (χ3v) is 4.56. The zero-order valence-electron chi connectivity index (χ0n) is 14.1. The maximum Gasteiger partial charge on any atom is 0.205 e. The Labute approximate surface area is 142 Å². The van der Waals surface area contributed by atoms with Crippen LogP contribution in [0.25, 0.3) is 0 Å². The Balaban J connectivity index is 1.87. The summed E-state index contributed by atoms with van der Waals surface area (Å²) in [4.78, 5) is 13.5. The number of aliphatic imine (C=N–C) groups is 1. The van der Waals surface area contributed by atoms with Crippen LogP contribution in [0.3, 0.4) is 0 Å². The summed E-state index contributed by atoms with van der Waals surface area (Å²) in [6, 6.07) is 12.4. The zero-order valence-corrected chi connectivity index (χ0v) is 14.1. The molecule has 0 amide bonds. The van der Waals surface area contributed by atoms with E-state index in [9.17, 15) is 0 Å². The Hall–Kier alpha value is -2.69. The van der Waals surface area contributed by atoms with Crippen molar-refractivity contribution >= 4 is 17.6 Å². The number of amidine groups is 1. The van der Waals surface area contributed by atoms with Crippen LogP contribution in [0.1, 0.15) is 28.8 Å². The van der Waals surface area contributed by atoms with Crippen molar-refractivity contribution in [3.63, 3.8) is 0 Å². The van der Waals surface area contributed by atoms with E-state index >= 15 is 0 Å². The Bertz CT molecular complexity index is 825. The van der Waals surface area contributed by atoms with Crippen molar-refractivity contribution in [2.75, 3.05) is 18.0 Å². The van der Waals surface area contributed by atoms with E-state index < -0.39 is 0 Å². The molecule has 0 bridgehead atoms. The van der Waals surface area contributed by atoms with Crippen molar-refractivity contribution in [3.8, 4) is 0 Å². The van der Waals surface area contributed by atoms with Crippen molar-refractivity contribution in [3.05, 3.63) is 58.8 Å². The predicted molar refractivity (Wildman–Crippen MR) is 96.8 cm³/mol. The van der Waals surface area contributed by atoms with Gasteiger partial charge in [0, 0.05) is 18.8 Å². The van der Waals surface area contributed by atoms with Gasteiger partial charge in [0.05, 0.1) is 12.1 Å². The van der Waals surface area contributed by atoms with Gasteiger partial charge in [0.2, 0.25) is 5.96 Å². The number of nitrogens with zero attached hydrogens (tertiary/aromatic N) is 4. The van der Waals surface area contributed by atoms with Gasteiger partial charge in [-0.05, 0) is 37.5 Å². The van der Waals surface area contributed by atoms with E-state index in [1.54, 1.807) is 0 Å². The van der Waals surface area contributed by atoms with Crippen LogP contribution < -0.4 is 4.90 Å². The van der Waals surface area contributed by atoms with Gasteiger partial charge in [-0.2, -0.15) is 0 Å². The number of pyridine rings is 1. The third-order valence-electron chi connectivity index (χ3n) is 4.56. The van der Waals surface area contributed by atoms with E-state index in [2.05, 4.69) is 25.1 Å². The summed E-state index contributed by atoms with van der Waals surface area (Å²) in [6.45, 7) is 6.43. The van der Waals surface area contributed by atoms with Crippen molar-refractivity contribution in [1.82, 2.24) is 9.88 Å². The van der Waals surface area contributed by atoms with Crippen LogP contribution in [0.2, 0.25) is 0 Å². The molecule has 0 saturated carbocycles. The number of aryl methyl sites for hydroxylation is 2. The highest BCUT2D eigenvalue weighted by atomic mass is 15.4. The molecule has 0 aliphatic carbocycles. The number of nitrogens with one attached hydrogen (secondary N) is 1. The van der Waals surface area contributed by atoms with Gasteiger partial charge >= 0.3 is 0 Å². The Morgan fingerprint density at radius 2 is 1.96 bits per heavy atom. The van der Waals surface area contributed by atoms with Crippen LogP contribution >= 0.6 is 0 Å². The molecule has 0 unspecified atom stereocenters. The summed E-state index contributed by atoms with van der Waals surface area (Å²) in [6.07, 6.45) is 0.985. The van der Waals surface area contributed by atoms with Crippen LogP contribution in [0.15, 0.2) is 41.4 Å². The van der Waals surface area contributed by atoms with E-state index in [-0.39, 0.29) is 0 Å². The Morgan fingerprint density at radius 1 is 1.17 bits per heavy atom. The highest BCUT2D eigenvalue weighted by Gasteiger charge is 2.36. The first-order chi connectivity index (χ1) is 11.6. The van der Waals surface area contributed by atoms with Gasteiger partial charge < -0.3 is 0 Å². The topological polar surface area (TPSA) is 55.6 Å². The zero-order chi connectivity index (χ0) is 16.7. The SMILES string of the molecule is Cc1cc(C)c2c(n1)N(Cc1ccccc1)C(=N)N1CCCN=C21. The summed E-state index contributed by atoms with van der Waals surface area (Å²) >= 11 is 0. The molecule has 2 aromatic rings. The van der Waals surface area contributed by atoms with E-state index in [0.717, 1.165) is 42.4 Å². The lowest BCUT2D eigenvalue weighted by Crippen LogP contribution is -2.54. The highest BCUT2D eigenvalue weighted by molar-refractivity contribution is 6.19. The molecule has 3 heterocycles. The quantitative estimate of drug-likeness (QED) is 0.925. The summed E-state index contributed by atoms with van der Waals surface area (Å²) in [7, 11) is 0. The van der Waals surface area contributed by atoms with Crippen molar-refractivity contribution in [2.24, 2.45) is 4.99 Å². The first kappa shape index (κ1) is 14.9. The van der Waals surface area contributed by atoms with E-state index in [1.807, 2.05) is 34.9 Å². The molecule has 0 spiro atoms. The predicted octanol–water partition coefficient (Wildman–Crippen LogP) is 3.11. The molecule has 1 aromatic carbocycles. The van der Waals surface area contributed by atoms with E-state index in [4.69, 9.17) is 15.4 Å².